The third-order valence-electron chi connectivity index (χ3n) is 4.14. The van der Waals surface area contributed by atoms with Gasteiger partial charge in [-0.3, -0.25) is 9.52 Å². The number of amides is 1. The standard InChI is InChI=1S/C21H28N2O5S/c1-6-28-17-13-15(22-20(25)19(24)21(3,4)5)10-11-18(17)29(26,27)23-16-9-7-8-14(2)12-16/h7-13,19,23-24H,6H2,1-5H3,(H,22,25)/t19-/m1/s1. The predicted molar refractivity (Wildman–Crippen MR) is 114 cm³/mol. The van der Waals surface area contributed by atoms with Gasteiger partial charge in [0.25, 0.3) is 15.9 Å². The molecule has 2 aromatic rings. The van der Waals surface area contributed by atoms with Crippen LogP contribution in [0.3, 0.4) is 0 Å². The van der Waals surface area contributed by atoms with Crippen molar-refractivity contribution in [3.8, 4) is 5.75 Å². The lowest BCUT2D eigenvalue weighted by Gasteiger charge is -2.24. The molecule has 0 unspecified atom stereocenters. The van der Waals surface area contributed by atoms with Crippen molar-refractivity contribution < 1.29 is 23.1 Å². The zero-order valence-electron chi connectivity index (χ0n) is 17.3. The maximum Gasteiger partial charge on any atom is 0.265 e. The predicted octanol–water partition coefficient (Wildman–Crippen LogP) is 3.54. The number of hydrogen-bond acceptors (Lipinski definition) is 5. The molecule has 0 saturated carbocycles. The van der Waals surface area contributed by atoms with Gasteiger partial charge in [-0.25, -0.2) is 8.42 Å². The topological polar surface area (TPSA) is 105 Å². The Bertz CT molecular complexity index is 981. The zero-order valence-corrected chi connectivity index (χ0v) is 18.1. The average molecular weight is 421 g/mol. The maximum absolute atomic E-state index is 12.9. The largest absolute Gasteiger partial charge is 0.492 e. The Labute approximate surface area is 172 Å². The molecule has 29 heavy (non-hydrogen) atoms. The van der Waals surface area contributed by atoms with Crippen LogP contribution >= 0.6 is 0 Å². The highest BCUT2D eigenvalue weighted by Crippen LogP contribution is 2.30. The number of hydrogen-bond donors (Lipinski definition) is 3. The first kappa shape index (κ1) is 22.7. The van der Waals surface area contributed by atoms with Gasteiger partial charge in [0.05, 0.1) is 6.61 Å². The summed E-state index contributed by atoms with van der Waals surface area (Å²) in [7, 11) is -3.90. The third kappa shape index (κ3) is 5.95. The van der Waals surface area contributed by atoms with Gasteiger partial charge in [-0.05, 0) is 49.1 Å². The number of aliphatic hydroxyl groups excluding tert-OH is 1. The summed E-state index contributed by atoms with van der Waals surface area (Å²) in [5.74, 6) is -0.468. The fourth-order valence-corrected chi connectivity index (χ4v) is 3.78. The van der Waals surface area contributed by atoms with Crippen LogP contribution in [0, 0.1) is 12.3 Å². The number of ether oxygens (including phenoxy) is 1. The second-order valence-corrected chi connectivity index (χ2v) is 9.48. The molecule has 0 radical (unpaired) electrons. The van der Waals surface area contributed by atoms with Crippen molar-refractivity contribution in [2.24, 2.45) is 5.41 Å². The molecule has 0 aliphatic heterocycles. The fraction of sp³-hybridized carbons (Fsp3) is 0.381. The summed E-state index contributed by atoms with van der Waals surface area (Å²) in [6.07, 6.45) is -1.22. The first-order valence-corrected chi connectivity index (χ1v) is 10.8. The van der Waals surface area contributed by atoms with Gasteiger partial charge >= 0.3 is 0 Å². The molecule has 0 fully saturated rings. The van der Waals surface area contributed by atoms with E-state index in [1.165, 1.54) is 18.2 Å². The van der Waals surface area contributed by atoms with E-state index < -0.39 is 27.4 Å². The molecule has 0 saturated heterocycles. The van der Waals surface area contributed by atoms with Crippen LogP contribution < -0.4 is 14.8 Å². The second kappa shape index (κ2) is 8.84. The number of sulfonamides is 1. The van der Waals surface area contributed by atoms with Gasteiger partial charge in [-0.2, -0.15) is 0 Å². The molecule has 1 atom stereocenters. The van der Waals surface area contributed by atoms with E-state index in [0.29, 0.717) is 11.4 Å². The Hall–Kier alpha value is -2.58. The summed E-state index contributed by atoms with van der Waals surface area (Å²) >= 11 is 0. The summed E-state index contributed by atoms with van der Waals surface area (Å²) < 4.78 is 33.8. The minimum absolute atomic E-state index is 0.0461. The van der Waals surface area contributed by atoms with Gasteiger partial charge in [0.2, 0.25) is 0 Å². The highest BCUT2D eigenvalue weighted by Gasteiger charge is 2.29. The molecule has 0 spiro atoms. The smallest absolute Gasteiger partial charge is 0.265 e. The third-order valence-corrected chi connectivity index (χ3v) is 5.56. The number of aliphatic hydroxyl groups is 1. The summed E-state index contributed by atoms with van der Waals surface area (Å²) in [5.41, 5.74) is 1.06. The van der Waals surface area contributed by atoms with Crippen molar-refractivity contribution in [2.75, 3.05) is 16.6 Å². The summed E-state index contributed by atoms with van der Waals surface area (Å²) in [4.78, 5) is 12.2. The number of benzene rings is 2. The number of carbonyl (C=O) groups is 1. The highest BCUT2D eigenvalue weighted by molar-refractivity contribution is 7.92. The van der Waals surface area contributed by atoms with Crippen LogP contribution in [0.1, 0.15) is 33.3 Å². The fourth-order valence-electron chi connectivity index (χ4n) is 2.60. The van der Waals surface area contributed by atoms with E-state index in [0.717, 1.165) is 5.56 Å². The normalized spacial score (nSPS) is 12.9. The van der Waals surface area contributed by atoms with Crippen LogP contribution in [0.4, 0.5) is 11.4 Å². The maximum atomic E-state index is 12.9. The molecule has 3 N–H and O–H groups in total. The van der Waals surface area contributed by atoms with E-state index >= 15 is 0 Å². The van der Waals surface area contributed by atoms with Crippen molar-refractivity contribution >= 4 is 27.3 Å². The van der Waals surface area contributed by atoms with Gasteiger partial charge in [0.1, 0.15) is 16.7 Å². The molecule has 2 rings (SSSR count). The van der Waals surface area contributed by atoms with Gasteiger partial charge < -0.3 is 15.2 Å². The highest BCUT2D eigenvalue weighted by atomic mass is 32.2. The monoisotopic (exact) mass is 420 g/mol. The molecule has 0 bridgehead atoms. The van der Waals surface area contributed by atoms with Gasteiger partial charge in [0.15, 0.2) is 0 Å². The molecule has 158 valence electrons. The van der Waals surface area contributed by atoms with E-state index in [2.05, 4.69) is 10.0 Å². The molecule has 0 aliphatic rings. The van der Waals surface area contributed by atoms with E-state index in [1.54, 1.807) is 45.9 Å². The second-order valence-electron chi connectivity index (χ2n) is 7.83. The first-order valence-electron chi connectivity index (χ1n) is 9.29. The molecule has 0 aromatic heterocycles. The zero-order chi connectivity index (χ0) is 21.8. The lowest BCUT2D eigenvalue weighted by molar-refractivity contribution is -0.129. The SMILES string of the molecule is CCOc1cc(NC(=O)[C@@H](O)C(C)(C)C)ccc1S(=O)(=O)Nc1cccc(C)c1. The first-order chi connectivity index (χ1) is 13.4. The van der Waals surface area contributed by atoms with Gasteiger partial charge in [0, 0.05) is 17.4 Å². The molecular formula is C21H28N2O5S. The Balaban J connectivity index is 2.32. The molecule has 7 nitrogen and oxygen atoms in total. The Morgan fingerprint density at radius 1 is 1.14 bits per heavy atom. The molecule has 0 aliphatic carbocycles. The Morgan fingerprint density at radius 3 is 2.41 bits per heavy atom. The molecule has 0 heterocycles. The number of nitrogens with one attached hydrogen (secondary N) is 2. The van der Waals surface area contributed by atoms with Crippen molar-refractivity contribution in [1.29, 1.82) is 0 Å². The van der Waals surface area contributed by atoms with E-state index in [9.17, 15) is 18.3 Å². The molecule has 8 heteroatoms. The molecule has 1 amide bonds. The minimum atomic E-state index is -3.90. The Morgan fingerprint density at radius 2 is 1.83 bits per heavy atom. The van der Waals surface area contributed by atoms with Gasteiger partial charge in [-0.1, -0.05) is 32.9 Å². The summed E-state index contributed by atoms with van der Waals surface area (Å²) in [6, 6.07) is 11.3. The lowest BCUT2D eigenvalue weighted by atomic mass is 9.88. The Kier molecular flexibility index (Phi) is 6.92. The van der Waals surface area contributed by atoms with Crippen LogP contribution in [0.2, 0.25) is 0 Å². The van der Waals surface area contributed by atoms with Crippen LogP contribution in [-0.4, -0.2) is 32.1 Å². The number of carbonyl (C=O) groups excluding carboxylic acids is 1. The van der Waals surface area contributed by atoms with E-state index in [4.69, 9.17) is 4.74 Å². The van der Waals surface area contributed by atoms with E-state index in [-0.39, 0.29) is 17.3 Å². The van der Waals surface area contributed by atoms with Gasteiger partial charge in [-0.15, -0.1) is 0 Å². The van der Waals surface area contributed by atoms with Crippen molar-refractivity contribution in [3.05, 3.63) is 48.0 Å². The van der Waals surface area contributed by atoms with Crippen LogP contribution in [0.15, 0.2) is 47.4 Å². The van der Waals surface area contributed by atoms with Crippen LogP contribution in [0.5, 0.6) is 5.75 Å². The van der Waals surface area contributed by atoms with Crippen molar-refractivity contribution in [1.82, 2.24) is 0 Å². The minimum Gasteiger partial charge on any atom is -0.492 e. The van der Waals surface area contributed by atoms with Crippen LogP contribution in [-0.2, 0) is 14.8 Å². The lowest BCUT2D eigenvalue weighted by Crippen LogP contribution is -2.38. The van der Waals surface area contributed by atoms with Crippen molar-refractivity contribution in [3.63, 3.8) is 0 Å². The number of aryl methyl sites for hydroxylation is 1. The van der Waals surface area contributed by atoms with Crippen molar-refractivity contribution in [2.45, 2.75) is 45.6 Å². The summed E-state index contributed by atoms with van der Waals surface area (Å²) in [5, 5.41) is 12.7. The summed E-state index contributed by atoms with van der Waals surface area (Å²) in [6.45, 7) is 9.08. The average Bonchev–Trinajstić information content (AvgIpc) is 2.60. The quantitative estimate of drug-likeness (QED) is 0.635. The van der Waals surface area contributed by atoms with Crippen LogP contribution in [0.25, 0.3) is 0 Å². The molecular weight excluding hydrogens is 392 g/mol. The molecule has 2 aromatic carbocycles. The number of anilines is 2. The number of rotatable bonds is 7. The van der Waals surface area contributed by atoms with E-state index in [1.807, 2.05) is 13.0 Å².